The second-order valence-electron chi connectivity index (χ2n) is 11.4. The predicted molar refractivity (Wildman–Crippen MR) is 156 cm³/mol. The summed E-state index contributed by atoms with van der Waals surface area (Å²) in [5.74, 6) is 1.69. The van der Waals surface area contributed by atoms with Gasteiger partial charge in [0.05, 0.1) is 36.5 Å². The molecule has 1 amide bonds. The smallest absolute Gasteiger partial charge is 0.318 e. The first kappa shape index (κ1) is 27.3. The summed E-state index contributed by atoms with van der Waals surface area (Å²) < 4.78 is 12.2. The number of benzene rings is 1. The number of rotatable bonds is 7. The fourth-order valence-corrected chi connectivity index (χ4v) is 6.81. The molecule has 0 N–H and O–H groups in total. The van der Waals surface area contributed by atoms with Crippen molar-refractivity contribution in [1.82, 2.24) is 19.8 Å². The highest BCUT2D eigenvalue weighted by Crippen LogP contribution is 2.38. The number of amides is 1. The maximum Gasteiger partial charge on any atom is 0.318 e. The lowest BCUT2D eigenvalue weighted by Gasteiger charge is -2.43. The first-order chi connectivity index (χ1) is 20.1. The number of piperazine rings is 1. The van der Waals surface area contributed by atoms with Gasteiger partial charge in [-0.25, -0.2) is 0 Å². The van der Waals surface area contributed by atoms with Crippen LogP contribution in [-0.4, -0.2) is 96.8 Å². The number of para-hydroxylation sites is 2. The molecule has 0 spiro atoms. The van der Waals surface area contributed by atoms with Crippen LogP contribution in [0, 0.1) is 11.3 Å². The predicted octanol–water partition coefficient (Wildman–Crippen LogP) is 2.82. The van der Waals surface area contributed by atoms with Crippen LogP contribution in [-0.2, 0) is 17.6 Å². The Morgan fingerprint density at radius 3 is 2.88 bits per heavy atom. The monoisotopic (exact) mass is 557 g/mol. The number of anilines is 2. The third-order valence-corrected chi connectivity index (χ3v) is 9.06. The average molecular weight is 558 g/mol. The number of likely N-dealkylation sites (tertiary alicyclic amines) is 1. The van der Waals surface area contributed by atoms with Gasteiger partial charge in [-0.05, 0) is 57.5 Å². The van der Waals surface area contributed by atoms with Gasteiger partial charge in [-0.2, -0.15) is 15.2 Å². The van der Waals surface area contributed by atoms with Gasteiger partial charge in [0, 0.05) is 43.7 Å². The van der Waals surface area contributed by atoms with Crippen LogP contribution in [0.15, 0.2) is 36.9 Å². The van der Waals surface area contributed by atoms with Crippen LogP contribution >= 0.6 is 0 Å². The molecule has 216 valence electrons. The first-order valence-electron chi connectivity index (χ1n) is 14.8. The third-order valence-electron chi connectivity index (χ3n) is 9.06. The highest BCUT2D eigenvalue weighted by Gasteiger charge is 2.35. The van der Waals surface area contributed by atoms with E-state index >= 15 is 0 Å². The van der Waals surface area contributed by atoms with Crippen molar-refractivity contribution in [2.45, 2.75) is 56.7 Å². The highest BCUT2D eigenvalue weighted by atomic mass is 16.5. The molecule has 3 atom stereocenters. The summed E-state index contributed by atoms with van der Waals surface area (Å²) in [5.41, 5.74) is 3.34. The molecule has 1 unspecified atom stereocenters. The van der Waals surface area contributed by atoms with Crippen LogP contribution in [0.5, 0.6) is 11.8 Å². The molecule has 0 bridgehead atoms. The Bertz CT molecular complexity index is 1330. The molecule has 3 aliphatic heterocycles. The largest absolute Gasteiger partial charge is 0.490 e. The fourth-order valence-electron chi connectivity index (χ4n) is 6.81. The summed E-state index contributed by atoms with van der Waals surface area (Å²) in [5, 5.41) is 9.51. The molecule has 4 heterocycles. The van der Waals surface area contributed by atoms with Crippen molar-refractivity contribution in [3.63, 3.8) is 0 Å². The molecule has 1 aromatic heterocycles. The van der Waals surface area contributed by atoms with Crippen LogP contribution < -0.4 is 19.3 Å². The summed E-state index contributed by atoms with van der Waals surface area (Å²) in [6.45, 7) is 8.52. The SMILES string of the molecule is C=CC(=O)N1CCN(c2nc(OC[C@@H]3CCCN3C)nc3c2CCC(N2CCOc4ccccc42)C3)C[C@@H]1CC#N. The van der Waals surface area contributed by atoms with E-state index in [9.17, 15) is 10.1 Å². The lowest BCUT2D eigenvalue weighted by molar-refractivity contribution is -0.128. The van der Waals surface area contributed by atoms with E-state index in [1.54, 1.807) is 4.90 Å². The van der Waals surface area contributed by atoms with Gasteiger partial charge in [-0.1, -0.05) is 18.7 Å². The number of carbonyl (C=O) groups excluding carboxylic acids is 1. The van der Waals surface area contributed by atoms with Gasteiger partial charge in [0.2, 0.25) is 5.91 Å². The molecule has 0 saturated carbocycles. The number of ether oxygens (including phenoxy) is 2. The van der Waals surface area contributed by atoms with Crippen LogP contribution in [0.2, 0.25) is 0 Å². The van der Waals surface area contributed by atoms with Crippen molar-refractivity contribution in [3.05, 3.63) is 48.2 Å². The zero-order valence-electron chi connectivity index (χ0n) is 23.9. The molecule has 10 heteroatoms. The minimum atomic E-state index is -0.220. The van der Waals surface area contributed by atoms with E-state index in [0.29, 0.717) is 50.9 Å². The molecule has 6 rings (SSSR count). The quantitative estimate of drug-likeness (QED) is 0.476. The maximum atomic E-state index is 12.5. The van der Waals surface area contributed by atoms with Gasteiger partial charge in [0.25, 0.3) is 0 Å². The summed E-state index contributed by atoms with van der Waals surface area (Å²) in [6.07, 6.45) is 6.53. The maximum absolute atomic E-state index is 12.5. The van der Waals surface area contributed by atoms with Gasteiger partial charge in [-0.3, -0.25) is 4.79 Å². The minimum absolute atomic E-state index is 0.132. The van der Waals surface area contributed by atoms with E-state index in [0.717, 1.165) is 67.3 Å². The molecule has 2 saturated heterocycles. The van der Waals surface area contributed by atoms with E-state index in [1.165, 1.54) is 12.5 Å². The number of likely N-dealkylation sites (N-methyl/N-ethyl adjacent to an activating group) is 1. The van der Waals surface area contributed by atoms with Gasteiger partial charge in [-0.15, -0.1) is 0 Å². The molecular formula is C31H39N7O3. The molecule has 10 nitrogen and oxygen atoms in total. The van der Waals surface area contributed by atoms with Crippen molar-refractivity contribution >= 4 is 17.4 Å². The molecular weight excluding hydrogens is 518 g/mol. The summed E-state index contributed by atoms with van der Waals surface area (Å²) in [4.78, 5) is 31.3. The normalized spacial score (nSPS) is 24.2. The number of aromatic nitrogens is 2. The average Bonchev–Trinajstić information content (AvgIpc) is 3.43. The van der Waals surface area contributed by atoms with Crippen LogP contribution in [0.3, 0.4) is 0 Å². The van der Waals surface area contributed by atoms with Crippen molar-refractivity contribution in [2.75, 3.05) is 62.8 Å². The molecule has 4 aliphatic rings. The van der Waals surface area contributed by atoms with Crippen molar-refractivity contribution in [2.24, 2.45) is 0 Å². The minimum Gasteiger partial charge on any atom is -0.490 e. The Labute approximate surface area is 242 Å². The van der Waals surface area contributed by atoms with E-state index in [1.807, 2.05) is 12.1 Å². The fraction of sp³-hybridized carbons (Fsp3) is 0.548. The number of fused-ring (bicyclic) bond motifs is 2. The van der Waals surface area contributed by atoms with Gasteiger partial charge < -0.3 is 29.1 Å². The summed E-state index contributed by atoms with van der Waals surface area (Å²) in [7, 11) is 2.14. The Kier molecular flexibility index (Phi) is 7.97. The molecule has 2 fully saturated rings. The number of hydrogen-bond donors (Lipinski definition) is 0. The van der Waals surface area contributed by atoms with Gasteiger partial charge >= 0.3 is 6.01 Å². The Balaban J connectivity index is 1.29. The van der Waals surface area contributed by atoms with Crippen molar-refractivity contribution in [1.29, 1.82) is 5.26 Å². The van der Waals surface area contributed by atoms with E-state index in [2.05, 4.69) is 46.5 Å². The van der Waals surface area contributed by atoms with Crippen LogP contribution in [0.25, 0.3) is 0 Å². The van der Waals surface area contributed by atoms with Crippen molar-refractivity contribution in [3.8, 4) is 17.8 Å². The standard InChI is InChI=1S/C31H39N7O3/c1-3-29(39)38-16-15-36(20-23(38)12-13-32)30-25-11-10-22(37-17-18-40-28-9-5-4-8-27(28)37)19-26(25)33-31(34-30)41-21-24-7-6-14-35(24)2/h3-5,8-9,22-24H,1,6-7,10-12,14-21H2,2H3/t22?,23-,24-/m0/s1. The Morgan fingerprint density at radius 2 is 2.07 bits per heavy atom. The summed E-state index contributed by atoms with van der Waals surface area (Å²) in [6, 6.07) is 11.4. The molecule has 1 aromatic carbocycles. The van der Waals surface area contributed by atoms with Crippen LogP contribution in [0.1, 0.15) is 36.9 Å². The zero-order valence-corrected chi connectivity index (χ0v) is 23.9. The summed E-state index contributed by atoms with van der Waals surface area (Å²) >= 11 is 0. The van der Waals surface area contributed by atoms with Crippen molar-refractivity contribution < 1.29 is 14.3 Å². The number of carbonyl (C=O) groups is 1. The van der Waals surface area contributed by atoms with Gasteiger partial charge in [0.15, 0.2) is 0 Å². The number of nitrogens with zero attached hydrogens (tertiary/aromatic N) is 7. The first-order valence-corrected chi connectivity index (χ1v) is 14.8. The lowest BCUT2D eigenvalue weighted by Crippen LogP contribution is -2.55. The van der Waals surface area contributed by atoms with E-state index < -0.39 is 0 Å². The van der Waals surface area contributed by atoms with E-state index in [-0.39, 0.29) is 18.4 Å². The Morgan fingerprint density at radius 1 is 1.20 bits per heavy atom. The number of nitriles is 1. The molecule has 2 aromatic rings. The molecule has 1 aliphatic carbocycles. The van der Waals surface area contributed by atoms with E-state index in [4.69, 9.17) is 19.4 Å². The Hall–Kier alpha value is -3.84. The molecule has 0 radical (unpaired) electrons. The third kappa shape index (κ3) is 5.55. The molecule has 41 heavy (non-hydrogen) atoms. The van der Waals surface area contributed by atoms with Crippen LogP contribution in [0.4, 0.5) is 11.5 Å². The topological polar surface area (TPSA) is 98.1 Å². The lowest BCUT2D eigenvalue weighted by atomic mass is 9.90. The number of hydrogen-bond acceptors (Lipinski definition) is 9. The van der Waals surface area contributed by atoms with Gasteiger partial charge in [0.1, 0.15) is 24.8 Å². The zero-order chi connectivity index (χ0) is 28.3. The second-order valence-corrected chi connectivity index (χ2v) is 11.4. The second kappa shape index (κ2) is 12.0. The highest BCUT2D eigenvalue weighted by molar-refractivity contribution is 5.87.